The van der Waals surface area contributed by atoms with Gasteiger partial charge >= 0.3 is 0 Å². The third-order valence-electron chi connectivity index (χ3n) is 3.12. The van der Waals surface area contributed by atoms with Gasteiger partial charge in [-0.05, 0) is 18.8 Å². The molecule has 0 aliphatic heterocycles. The fraction of sp³-hybridized carbons (Fsp3) is 0.538. The Balaban J connectivity index is 2.25. The van der Waals surface area contributed by atoms with Gasteiger partial charge in [-0.3, -0.25) is 0 Å². The molecule has 70 valence electrons. The van der Waals surface area contributed by atoms with E-state index >= 15 is 0 Å². The minimum Gasteiger partial charge on any atom is -0.0870 e. The smallest absolute Gasteiger partial charge is 0.00174 e. The van der Waals surface area contributed by atoms with E-state index in [9.17, 15) is 0 Å². The Bertz CT molecular complexity index is 266. The summed E-state index contributed by atoms with van der Waals surface area (Å²) in [6, 6.07) is 0. The molecule has 2 aliphatic carbocycles. The van der Waals surface area contributed by atoms with Crippen molar-refractivity contribution in [1.82, 2.24) is 0 Å². The zero-order chi connectivity index (χ0) is 9.26. The fourth-order valence-electron chi connectivity index (χ4n) is 2.40. The zero-order valence-electron chi connectivity index (χ0n) is 8.53. The maximum atomic E-state index is 2.43. The summed E-state index contributed by atoms with van der Waals surface area (Å²) in [6.45, 7) is 4.63. The largest absolute Gasteiger partial charge is 0.0870 e. The molecule has 0 radical (unpaired) electrons. The van der Waals surface area contributed by atoms with Gasteiger partial charge in [0.1, 0.15) is 0 Å². The molecule has 0 N–H and O–H groups in total. The lowest BCUT2D eigenvalue weighted by Crippen LogP contribution is -2.19. The molecule has 0 bridgehead atoms. The van der Waals surface area contributed by atoms with E-state index in [0.717, 1.165) is 12.3 Å². The molecule has 0 aromatic rings. The van der Waals surface area contributed by atoms with E-state index in [1.807, 2.05) is 0 Å². The lowest BCUT2D eigenvalue weighted by Gasteiger charge is -2.31. The molecule has 2 rings (SSSR count). The number of hydrogen-bond acceptors (Lipinski definition) is 0. The first-order valence-electron chi connectivity index (χ1n) is 5.32. The molecule has 0 saturated carbocycles. The monoisotopic (exact) mass is 174 g/mol. The lowest BCUT2D eigenvalue weighted by molar-refractivity contribution is 0.468. The molecule has 2 atom stereocenters. The number of allylic oxidation sites excluding steroid dienone is 6. The van der Waals surface area contributed by atoms with Crippen molar-refractivity contribution in [2.75, 3.05) is 0 Å². The molecule has 0 aromatic carbocycles. The normalized spacial score (nSPS) is 31.8. The maximum absolute atomic E-state index is 2.43. The maximum Gasteiger partial charge on any atom is 0.00174 e. The summed E-state index contributed by atoms with van der Waals surface area (Å²) >= 11 is 0. The quantitative estimate of drug-likeness (QED) is 0.531. The summed E-state index contributed by atoms with van der Waals surface area (Å²) in [6.07, 6.45) is 14.2. The van der Waals surface area contributed by atoms with Crippen LogP contribution >= 0.6 is 0 Å². The summed E-state index contributed by atoms with van der Waals surface area (Å²) in [7, 11) is 0. The first kappa shape index (κ1) is 8.80. The van der Waals surface area contributed by atoms with Crippen LogP contribution in [0.1, 0.15) is 26.7 Å². The summed E-state index contributed by atoms with van der Waals surface area (Å²) < 4.78 is 0. The summed E-state index contributed by atoms with van der Waals surface area (Å²) in [5, 5.41) is 0. The zero-order valence-corrected chi connectivity index (χ0v) is 8.53. The van der Waals surface area contributed by atoms with Gasteiger partial charge in [0.05, 0.1) is 0 Å². The van der Waals surface area contributed by atoms with Crippen molar-refractivity contribution in [3.8, 4) is 0 Å². The van der Waals surface area contributed by atoms with Gasteiger partial charge in [-0.25, -0.2) is 0 Å². The first-order chi connectivity index (χ1) is 6.29. The van der Waals surface area contributed by atoms with Crippen molar-refractivity contribution >= 4 is 0 Å². The van der Waals surface area contributed by atoms with E-state index in [1.54, 1.807) is 5.57 Å². The Morgan fingerprint density at radius 1 is 1.23 bits per heavy atom. The average Bonchev–Trinajstić information content (AvgIpc) is 2.17. The Hall–Kier alpha value is -0.780. The van der Waals surface area contributed by atoms with E-state index in [-0.39, 0.29) is 0 Å². The van der Waals surface area contributed by atoms with Crippen LogP contribution in [0, 0.1) is 17.8 Å². The van der Waals surface area contributed by atoms with Crippen LogP contribution in [0.3, 0.4) is 0 Å². The molecule has 0 heteroatoms. The number of rotatable bonds is 1. The third kappa shape index (κ3) is 1.63. The number of fused-ring (bicyclic) bond motifs is 1. The van der Waals surface area contributed by atoms with Crippen molar-refractivity contribution in [3.63, 3.8) is 0 Å². The van der Waals surface area contributed by atoms with Crippen LogP contribution in [0.2, 0.25) is 0 Å². The van der Waals surface area contributed by atoms with Gasteiger partial charge in [-0.2, -0.15) is 0 Å². The van der Waals surface area contributed by atoms with E-state index < -0.39 is 0 Å². The van der Waals surface area contributed by atoms with Crippen LogP contribution in [0.4, 0.5) is 0 Å². The molecule has 0 fully saturated rings. The predicted molar refractivity (Wildman–Crippen MR) is 57.4 cm³/mol. The molecule has 2 unspecified atom stereocenters. The molecule has 0 spiro atoms. The van der Waals surface area contributed by atoms with Gasteiger partial charge in [0.2, 0.25) is 0 Å². The van der Waals surface area contributed by atoms with Crippen molar-refractivity contribution in [3.05, 3.63) is 36.0 Å². The molecule has 0 amide bonds. The summed E-state index contributed by atoms with van der Waals surface area (Å²) in [5.74, 6) is 2.16. The second-order valence-electron chi connectivity index (χ2n) is 4.41. The first-order valence-corrected chi connectivity index (χ1v) is 5.32. The summed E-state index contributed by atoms with van der Waals surface area (Å²) in [5.41, 5.74) is 1.67. The molecular formula is C13H18. The Morgan fingerprint density at radius 3 is 2.85 bits per heavy atom. The lowest BCUT2D eigenvalue weighted by atomic mass is 9.74. The van der Waals surface area contributed by atoms with Gasteiger partial charge in [-0.15, -0.1) is 0 Å². The molecule has 0 nitrogen and oxygen atoms in total. The van der Waals surface area contributed by atoms with Crippen LogP contribution in [0.25, 0.3) is 0 Å². The van der Waals surface area contributed by atoms with Gasteiger partial charge < -0.3 is 0 Å². The highest BCUT2D eigenvalue weighted by Crippen LogP contribution is 2.37. The molecule has 13 heavy (non-hydrogen) atoms. The van der Waals surface area contributed by atoms with E-state index in [1.165, 1.54) is 6.42 Å². The van der Waals surface area contributed by atoms with E-state index in [2.05, 4.69) is 44.2 Å². The van der Waals surface area contributed by atoms with Crippen LogP contribution in [-0.2, 0) is 0 Å². The van der Waals surface area contributed by atoms with Gasteiger partial charge in [0, 0.05) is 11.8 Å². The van der Waals surface area contributed by atoms with Crippen LogP contribution < -0.4 is 0 Å². The highest BCUT2D eigenvalue weighted by Gasteiger charge is 2.24. The molecular weight excluding hydrogens is 156 g/mol. The van der Waals surface area contributed by atoms with Crippen LogP contribution in [0.5, 0.6) is 0 Å². The van der Waals surface area contributed by atoms with Crippen molar-refractivity contribution in [1.29, 1.82) is 0 Å². The standard InChI is InChI=1S/C13H18/c1-10(2)12-9-5-7-11-6-3-4-8-13(11)12/h3,5-6,8-12H,4,7H2,1-2H3. The molecule has 0 saturated heterocycles. The highest BCUT2D eigenvalue weighted by molar-refractivity contribution is 5.29. The third-order valence-corrected chi connectivity index (χ3v) is 3.12. The average molecular weight is 174 g/mol. The van der Waals surface area contributed by atoms with Crippen LogP contribution in [0.15, 0.2) is 36.0 Å². The second kappa shape index (κ2) is 3.53. The summed E-state index contributed by atoms with van der Waals surface area (Å²) in [4.78, 5) is 0. The minimum absolute atomic E-state index is 0.698. The Morgan fingerprint density at radius 2 is 2.08 bits per heavy atom. The van der Waals surface area contributed by atoms with Crippen molar-refractivity contribution in [2.45, 2.75) is 26.7 Å². The van der Waals surface area contributed by atoms with Crippen molar-refractivity contribution < 1.29 is 0 Å². The molecule has 2 aliphatic rings. The minimum atomic E-state index is 0.698. The van der Waals surface area contributed by atoms with E-state index in [0.29, 0.717) is 11.8 Å². The second-order valence-corrected chi connectivity index (χ2v) is 4.41. The Kier molecular flexibility index (Phi) is 2.39. The molecule has 0 heterocycles. The predicted octanol–water partition coefficient (Wildman–Crippen LogP) is 3.72. The van der Waals surface area contributed by atoms with Crippen molar-refractivity contribution in [2.24, 2.45) is 17.8 Å². The van der Waals surface area contributed by atoms with Crippen LogP contribution in [-0.4, -0.2) is 0 Å². The topological polar surface area (TPSA) is 0 Å². The van der Waals surface area contributed by atoms with Gasteiger partial charge in [-0.1, -0.05) is 49.8 Å². The highest BCUT2D eigenvalue weighted by atomic mass is 14.3. The fourth-order valence-corrected chi connectivity index (χ4v) is 2.40. The van der Waals surface area contributed by atoms with E-state index in [4.69, 9.17) is 0 Å². The SMILES string of the molecule is CC(C)C1C=CCC2C=CCC=C21. The Labute approximate surface area is 81.0 Å². The van der Waals surface area contributed by atoms with Gasteiger partial charge in [0.25, 0.3) is 0 Å². The number of hydrogen-bond donors (Lipinski definition) is 0. The molecule has 0 aromatic heterocycles. The van der Waals surface area contributed by atoms with Gasteiger partial charge in [0.15, 0.2) is 0 Å².